The summed E-state index contributed by atoms with van der Waals surface area (Å²) < 4.78 is 0. The highest BCUT2D eigenvalue weighted by Gasteiger charge is 2.28. The van der Waals surface area contributed by atoms with Gasteiger partial charge in [-0.15, -0.1) is 11.3 Å². The molecule has 0 fully saturated rings. The van der Waals surface area contributed by atoms with E-state index in [-0.39, 0.29) is 21.7 Å². The number of thiophene rings is 1. The van der Waals surface area contributed by atoms with E-state index in [1.54, 1.807) is 11.3 Å². The predicted octanol–water partition coefficient (Wildman–Crippen LogP) is 11.4. The molecule has 2 nitrogen and oxygen atoms in total. The summed E-state index contributed by atoms with van der Waals surface area (Å²) in [5.41, 5.74) is 7.76. The minimum absolute atomic E-state index is 0.0324. The molecule has 0 aliphatic rings. The minimum atomic E-state index is -0.143. The first-order valence-corrected chi connectivity index (χ1v) is 13.8. The van der Waals surface area contributed by atoms with Gasteiger partial charge < -0.3 is 0 Å². The molecule has 1 aromatic heterocycles. The van der Waals surface area contributed by atoms with E-state index in [9.17, 15) is 0 Å². The lowest BCUT2D eigenvalue weighted by Gasteiger charge is -2.28. The first-order chi connectivity index (χ1) is 16.8. The standard InChI is InChI=1S/C34H42N2S/c1-31(2,3)21-17-23(29(35-13)25(19-21)33(7,8)9)27-15-16-28(37-27)24-18-22(32(4,5)6)20-26(30(24)36-14)34(10,11)12/h15-20H,1-12H3. The quantitative estimate of drug-likeness (QED) is 0.303. The van der Waals surface area contributed by atoms with E-state index in [1.165, 1.54) is 11.1 Å². The van der Waals surface area contributed by atoms with Crippen molar-refractivity contribution in [2.75, 3.05) is 0 Å². The Hall–Kier alpha value is -2.88. The van der Waals surface area contributed by atoms with Crippen LogP contribution in [0, 0.1) is 13.1 Å². The number of hydrogen-bond acceptors (Lipinski definition) is 1. The van der Waals surface area contributed by atoms with Crippen molar-refractivity contribution in [1.29, 1.82) is 0 Å². The molecule has 3 aromatic rings. The van der Waals surface area contributed by atoms with Crippen molar-refractivity contribution in [3.63, 3.8) is 0 Å². The molecule has 37 heavy (non-hydrogen) atoms. The fourth-order valence-electron chi connectivity index (χ4n) is 4.52. The molecule has 194 valence electrons. The lowest BCUT2D eigenvalue weighted by atomic mass is 9.78. The zero-order valence-electron chi connectivity index (χ0n) is 24.8. The van der Waals surface area contributed by atoms with Gasteiger partial charge in [-0.3, -0.25) is 0 Å². The normalized spacial score (nSPS) is 12.8. The number of benzene rings is 2. The van der Waals surface area contributed by atoms with Gasteiger partial charge in [-0.1, -0.05) is 107 Å². The van der Waals surface area contributed by atoms with Crippen LogP contribution in [0.4, 0.5) is 11.4 Å². The molecule has 0 bridgehead atoms. The van der Waals surface area contributed by atoms with Crippen molar-refractivity contribution < 1.29 is 0 Å². The van der Waals surface area contributed by atoms with Gasteiger partial charge in [0.05, 0.1) is 13.1 Å². The Balaban J connectivity index is 2.35. The SMILES string of the molecule is [C-]#[N+]c1c(-c2ccc(-c3cc(C(C)(C)C)cc(C(C)(C)C)c3[N+]#[C-])s2)cc(C(C)(C)C)cc1C(C)(C)C. The third-order valence-corrected chi connectivity index (χ3v) is 8.08. The Labute approximate surface area is 229 Å². The molecule has 0 saturated carbocycles. The van der Waals surface area contributed by atoms with Gasteiger partial charge in [-0.05, 0) is 67.2 Å². The Bertz CT molecular complexity index is 1300. The molecule has 0 saturated heterocycles. The van der Waals surface area contributed by atoms with Gasteiger partial charge in [-0.25, -0.2) is 9.69 Å². The highest BCUT2D eigenvalue weighted by atomic mass is 32.1. The van der Waals surface area contributed by atoms with E-state index in [4.69, 9.17) is 13.1 Å². The molecule has 0 N–H and O–H groups in total. The van der Waals surface area contributed by atoms with Crippen molar-refractivity contribution in [2.45, 2.75) is 105 Å². The Kier molecular flexibility index (Phi) is 7.33. The first-order valence-electron chi connectivity index (χ1n) is 13.0. The molecule has 3 rings (SSSR count). The average molecular weight is 511 g/mol. The van der Waals surface area contributed by atoms with E-state index < -0.39 is 0 Å². The van der Waals surface area contributed by atoms with Crippen LogP contribution in [0.15, 0.2) is 36.4 Å². The van der Waals surface area contributed by atoms with E-state index in [0.29, 0.717) is 0 Å². The van der Waals surface area contributed by atoms with Crippen LogP contribution < -0.4 is 0 Å². The molecule has 0 amide bonds. The molecule has 0 aliphatic carbocycles. The Morgan fingerprint density at radius 2 is 0.838 bits per heavy atom. The molecule has 0 atom stereocenters. The second-order valence-electron chi connectivity index (χ2n) is 14.2. The summed E-state index contributed by atoms with van der Waals surface area (Å²) >= 11 is 1.69. The zero-order valence-corrected chi connectivity index (χ0v) is 25.6. The van der Waals surface area contributed by atoms with E-state index in [0.717, 1.165) is 43.4 Å². The highest BCUT2D eigenvalue weighted by Crippen LogP contribution is 2.49. The second kappa shape index (κ2) is 9.45. The summed E-state index contributed by atoms with van der Waals surface area (Å²) in [4.78, 5) is 10.3. The molecule has 0 radical (unpaired) electrons. The van der Waals surface area contributed by atoms with E-state index >= 15 is 0 Å². The fraction of sp³-hybridized carbons (Fsp3) is 0.471. The molecular formula is C34H42N2S. The smallest absolute Gasteiger partial charge is 0.199 e. The Morgan fingerprint density at radius 1 is 0.514 bits per heavy atom. The molecule has 0 aliphatic heterocycles. The average Bonchev–Trinajstić information content (AvgIpc) is 3.24. The summed E-state index contributed by atoms with van der Waals surface area (Å²) in [6.07, 6.45) is 0. The van der Waals surface area contributed by atoms with Gasteiger partial charge in [0.15, 0.2) is 11.4 Å². The maximum atomic E-state index is 8.10. The van der Waals surface area contributed by atoms with Gasteiger partial charge in [0.25, 0.3) is 0 Å². The van der Waals surface area contributed by atoms with Crippen molar-refractivity contribution in [3.05, 3.63) is 81.5 Å². The lowest BCUT2D eigenvalue weighted by molar-refractivity contribution is 0.570. The van der Waals surface area contributed by atoms with Gasteiger partial charge >= 0.3 is 0 Å². The number of rotatable bonds is 2. The number of hydrogen-bond donors (Lipinski definition) is 0. The summed E-state index contributed by atoms with van der Waals surface area (Å²) in [6, 6.07) is 13.1. The molecular weight excluding hydrogens is 468 g/mol. The minimum Gasteiger partial charge on any atom is -0.237 e. The molecule has 1 heterocycles. The maximum absolute atomic E-state index is 8.10. The van der Waals surface area contributed by atoms with Gasteiger partial charge in [0, 0.05) is 9.75 Å². The summed E-state index contributed by atoms with van der Waals surface area (Å²) in [5, 5.41) is 0. The van der Waals surface area contributed by atoms with Crippen molar-refractivity contribution in [3.8, 4) is 20.9 Å². The van der Waals surface area contributed by atoms with Gasteiger partial charge in [0.1, 0.15) is 0 Å². The second-order valence-corrected chi connectivity index (χ2v) is 15.3. The van der Waals surface area contributed by atoms with Crippen LogP contribution in [0.3, 0.4) is 0 Å². The van der Waals surface area contributed by atoms with E-state index in [2.05, 4.69) is 129 Å². The number of nitrogens with zero attached hydrogens (tertiary/aromatic N) is 2. The van der Waals surface area contributed by atoms with Crippen LogP contribution >= 0.6 is 11.3 Å². The van der Waals surface area contributed by atoms with Crippen LogP contribution in [0.5, 0.6) is 0 Å². The van der Waals surface area contributed by atoms with Gasteiger partial charge in [-0.2, -0.15) is 0 Å². The van der Waals surface area contributed by atoms with Crippen LogP contribution in [-0.4, -0.2) is 0 Å². The van der Waals surface area contributed by atoms with Crippen molar-refractivity contribution in [1.82, 2.24) is 0 Å². The molecule has 2 aromatic carbocycles. The maximum Gasteiger partial charge on any atom is 0.199 e. The van der Waals surface area contributed by atoms with Crippen LogP contribution in [0.25, 0.3) is 30.6 Å². The highest BCUT2D eigenvalue weighted by molar-refractivity contribution is 7.19. The van der Waals surface area contributed by atoms with Crippen molar-refractivity contribution >= 4 is 22.7 Å². The molecule has 0 spiro atoms. The fourth-order valence-corrected chi connectivity index (χ4v) is 5.56. The third-order valence-electron chi connectivity index (χ3n) is 6.93. The zero-order chi connectivity index (χ0) is 28.1. The molecule has 3 heteroatoms. The summed E-state index contributed by atoms with van der Waals surface area (Å²) in [5.74, 6) is 0. The first kappa shape index (κ1) is 28.7. The largest absolute Gasteiger partial charge is 0.237 e. The molecule has 0 unspecified atom stereocenters. The topological polar surface area (TPSA) is 8.72 Å². The lowest BCUT2D eigenvalue weighted by Crippen LogP contribution is -2.16. The third kappa shape index (κ3) is 5.84. The predicted molar refractivity (Wildman–Crippen MR) is 163 cm³/mol. The van der Waals surface area contributed by atoms with E-state index in [1.807, 2.05) is 0 Å². The van der Waals surface area contributed by atoms with Crippen LogP contribution in [-0.2, 0) is 21.7 Å². The van der Waals surface area contributed by atoms with Crippen LogP contribution in [0.2, 0.25) is 0 Å². The summed E-state index contributed by atoms with van der Waals surface area (Å²) in [7, 11) is 0. The van der Waals surface area contributed by atoms with Crippen LogP contribution in [0.1, 0.15) is 105 Å². The monoisotopic (exact) mass is 510 g/mol. The summed E-state index contributed by atoms with van der Waals surface area (Å²) in [6.45, 7) is 42.6. The Morgan fingerprint density at radius 3 is 1.08 bits per heavy atom. The van der Waals surface area contributed by atoms with Crippen molar-refractivity contribution in [2.24, 2.45) is 0 Å². The van der Waals surface area contributed by atoms with Gasteiger partial charge in [0.2, 0.25) is 0 Å².